The summed E-state index contributed by atoms with van der Waals surface area (Å²) in [7, 11) is 0. The Morgan fingerprint density at radius 1 is 1.06 bits per heavy atom. The highest BCUT2D eigenvalue weighted by molar-refractivity contribution is 7.71. The molecule has 0 radical (unpaired) electrons. The zero-order valence-electron chi connectivity index (χ0n) is 8.67. The molecule has 0 amide bonds. The number of carbonyl (C=O) groups is 1. The second-order valence-corrected chi connectivity index (χ2v) is 3.87. The second-order valence-electron chi connectivity index (χ2n) is 3.46. The monoisotopic (exact) mass is 229 g/mol. The summed E-state index contributed by atoms with van der Waals surface area (Å²) < 4.78 is 2.44. The first-order valence-electron chi connectivity index (χ1n) is 5.01. The van der Waals surface area contributed by atoms with Gasteiger partial charge in [-0.3, -0.25) is 4.79 Å². The van der Waals surface area contributed by atoms with Gasteiger partial charge in [-0.2, -0.15) is 0 Å². The minimum Gasteiger partial charge on any atom is -0.331 e. The van der Waals surface area contributed by atoms with Gasteiger partial charge in [0.15, 0.2) is 5.78 Å². The lowest BCUT2D eigenvalue weighted by Crippen LogP contribution is -2.10. The van der Waals surface area contributed by atoms with Crippen molar-refractivity contribution in [2.75, 3.05) is 0 Å². The predicted molar refractivity (Wildman–Crippen MR) is 66.0 cm³/mol. The van der Waals surface area contributed by atoms with Gasteiger partial charge in [-0.15, -0.1) is 0 Å². The van der Waals surface area contributed by atoms with Crippen molar-refractivity contribution in [3.63, 3.8) is 0 Å². The van der Waals surface area contributed by atoms with Gasteiger partial charge in [0.05, 0.1) is 6.54 Å². The Kier molecular flexibility index (Phi) is 3.27. The molecule has 2 nitrogen and oxygen atoms in total. The highest BCUT2D eigenvalue weighted by Crippen LogP contribution is 2.03. The number of nitrogens with zero attached hydrogens (tertiary/aromatic N) is 1. The van der Waals surface area contributed by atoms with E-state index in [2.05, 4.69) is 0 Å². The third kappa shape index (κ3) is 2.44. The maximum Gasteiger partial charge on any atom is 0.182 e. The van der Waals surface area contributed by atoms with Crippen molar-refractivity contribution in [3.8, 4) is 0 Å². The van der Waals surface area contributed by atoms with Crippen molar-refractivity contribution < 1.29 is 4.79 Å². The van der Waals surface area contributed by atoms with Crippen LogP contribution in [0.3, 0.4) is 0 Å². The first-order valence-corrected chi connectivity index (χ1v) is 5.42. The van der Waals surface area contributed by atoms with Crippen LogP contribution in [0, 0.1) is 4.64 Å². The first-order chi connectivity index (χ1) is 7.77. The Bertz CT molecular complexity index is 545. The quantitative estimate of drug-likeness (QED) is 0.596. The Morgan fingerprint density at radius 3 is 2.44 bits per heavy atom. The van der Waals surface area contributed by atoms with Crippen LogP contribution in [-0.4, -0.2) is 10.4 Å². The van der Waals surface area contributed by atoms with E-state index in [1.165, 1.54) is 0 Å². The van der Waals surface area contributed by atoms with Gasteiger partial charge in [0.25, 0.3) is 0 Å². The van der Waals surface area contributed by atoms with Crippen LogP contribution in [0.2, 0.25) is 0 Å². The number of rotatable bonds is 3. The van der Waals surface area contributed by atoms with Crippen LogP contribution in [0.4, 0.5) is 0 Å². The second kappa shape index (κ2) is 4.86. The first kappa shape index (κ1) is 10.8. The smallest absolute Gasteiger partial charge is 0.182 e. The summed E-state index contributed by atoms with van der Waals surface area (Å²) in [5, 5.41) is 0. The van der Waals surface area contributed by atoms with Crippen LogP contribution >= 0.6 is 12.2 Å². The van der Waals surface area contributed by atoms with Crippen molar-refractivity contribution in [2.24, 2.45) is 0 Å². The van der Waals surface area contributed by atoms with Crippen LogP contribution in [0.15, 0.2) is 54.7 Å². The molecule has 3 heteroatoms. The Balaban J connectivity index is 2.21. The third-order valence-electron chi connectivity index (χ3n) is 2.31. The van der Waals surface area contributed by atoms with Crippen molar-refractivity contribution in [1.29, 1.82) is 0 Å². The Hall–Kier alpha value is -1.74. The molecule has 0 unspecified atom stereocenters. The van der Waals surface area contributed by atoms with E-state index in [4.69, 9.17) is 12.2 Å². The minimum atomic E-state index is 0.0721. The predicted octanol–water partition coefficient (Wildman–Crippen LogP) is 3.10. The molecule has 1 aromatic heterocycles. The molecule has 0 bridgehead atoms. The van der Waals surface area contributed by atoms with E-state index in [-0.39, 0.29) is 5.78 Å². The summed E-state index contributed by atoms with van der Waals surface area (Å²) in [5.41, 5.74) is 0.716. The number of Topliss-reactive ketones (excluding diaryl/α,β-unsaturated/α-hetero) is 1. The molecule has 2 aromatic rings. The molecule has 2 rings (SSSR count). The van der Waals surface area contributed by atoms with Crippen molar-refractivity contribution in [1.82, 2.24) is 4.57 Å². The van der Waals surface area contributed by atoms with Gasteiger partial charge >= 0.3 is 0 Å². The van der Waals surface area contributed by atoms with Gasteiger partial charge in [0, 0.05) is 11.8 Å². The van der Waals surface area contributed by atoms with Crippen molar-refractivity contribution >= 4 is 18.0 Å². The molecular weight excluding hydrogens is 218 g/mol. The maximum absolute atomic E-state index is 11.9. The highest BCUT2D eigenvalue weighted by atomic mass is 32.1. The maximum atomic E-state index is 11.9. The fraction of sp³-hybridized carbons (Fsp3) is 0.0769. The average Bonchev–Trinajstić information content (AvgIpc) is 2.33. The summed E-state index contributed by atoms with van der Waals surface area (Å²) >= 11 is 5.13. The minimum absolute atomic E-state index is 0.0721. The fourth-order valence-electron chi connectivity index (χ4n) is 1.46. The summed E-state index contributed by atoms with van der Waals surface area (Å²) in [6.07, 6.45) is 1.82. The van der Waals surface area contributed by atoms with Crippen LogP contribution in [0.1, 0.15) is 10.4 Å². The highest BCUT2D eigenvalue weighted by Gasteiger charge is 2.05. The summed E-state index contributed by atoms with van der Waals surface area (Å²) in [6, 6.07) is 14.8. The number of hydrogen-bond donors (Lipinski definition) is 0. The van der Waals surface area contributed by atoms with Gasteiger partial charge in [0.2, 0.25) is 0 Å². The SMILES string of the molecule is O=C(Cn1ccccc1=S)c1ccccc1. The lowest BCUT2D eigenvalue weighted by atomic mass is 10.1. The molecule has 0 aliphatic rings. The summed E-state index contributed by atoms with van der Waals surface area (Å²) in [4.78, 5) is 11.9. The molecule has 0 saturated carbocycles. The van der Waals surface area contributed by atoms with Crippen molar-refractivity contribution in [3.05, 3.63) is 64.9 Å². The van der Waals surface area contributed by atoms with Crippen LogP contribution in [0.25, 0.3) is 0 Å². The van der Waals surface area contributed by atoms with Crippen LogP contribution in [-0.2, 0) is 6.54 Å². The molecular formula is C13H11NOS. The van der Waals surface area contributed by atoms with Gasteiger partial charge in [-0.05, 0) is 12.1 Å². The molecule has 0 atom stereocenters. The van der Waals surface area contributed by atoms with Gasteiger partial charge in [-0.1, -0.05) is 48.6 Å². The van der Waals surface area contributed by atoms with E-state index in [1.807, 2.05) is 54.7 Å². The number of hydrogen-bond acceptors (Lipinski definition) is 2. The lowest BCUT2D eigenvalue weighted by molar-refractivity contribution is 0.0971. The number of aromatic nitrogens is 1. The van der Waals surface area contributed by atoms with Gasteiger partial charge < -0.3 is 4.57 Å². The fourth-order valence-corrected chi connectivity index (χ4v) is 1.67. The topological polar surface area (TPSA) is 22.0 Å². The zero-order valence-corrected chi connectivity index (χ0v) is 9.48. The number of carbonyl (C=O) groups excluding carboxylic acids is 1. The molecule has 16 heavy (non-hydrogen) atoms. The summed E-state index contributed by atoms with van der Waals surface area (Å²) in [6.45, 7) is 0.295. The molecule has 1 heterocycles. The molecule has 0 fully saturated rings. The lowest BCUT2D eigenvalue weighted by Gasteiger charge is -2.05. The Labute approximate surface area is 99.2 Å². The van der Waals surface area contributed by atoms with Gasteiger partial charge in [0.1, 0.15) is 4.64 Å². The van der Waals surface area contributed by atoms with E-state index >= 15 is 0 Å². The molecule has 0 aliphatic carbocycles. The Morgan fingerprint density at radius 2 is 1.75 bits per heavy atom. The van der Waals surface area contributed by atoms with Crippen LogP contribution in [0.5, 0.6) is 0 Å². The van der Waals surface area contributed by atoms with E-state index < -0.39 is 0 Å². The normalized spacial score (nSPS) is 10.0. The van der Waals surface area contributed by atoms with Crippen LogP contribution < -0.4 is 0 Å². The number of pyridine rings is 1. The van der Waals surface area contributed by atoms with Gasteiger partial charge in [-0.25, -0.2) is 0 Å². The van der Waals surface area contributed by atoms with E-state index in [0.717, 1.165) is 0 Å². The van der Waals surface area contributed by atoms with E-state index in [1.54, 1.807) is 4.57 Å². The molecule has 1 aromatic carbocycles. The zero-order chi connectivity index (χ0) is 11.4. The number of ketones is 1. The average molecular weight is 229 g/mol. The van der Waals surface area contributed by atoms with Crippen molar-refractivity contribution in [2.45, 2.75) is 6.54 Å². The van der Waals surface area contributed by atoms with E-state index in [9.17, 15) is 4.79 Å². The standard InChI is InChI=1S/C13H11NOS/c15-12(11-6-2-1-3-7-11)10-14-9-5-4-8-13(14)16/h1-9H,10H2. The third-order valence-corrected chi connectivity index (χ3v) is 2.68. The largest absolute Gasteiger partial charge is 0.331 e. The molecule has 0 saturated heterocycles. The summed E-state index contributed by atoms with van der Waals surface area (Å²) in [5.74, 6) is 0.0721. The molecule has 0 N–H and O–H groups in total. The molecule has 0 spiro atoms. The van der Waals surface area contributed by atoms with E-state index in [0.29, 0.717) is 16.7 Å². The molecule has 80 valence electrons. The molecule has 0 aliphatic heterocycles. The number of benzene rings is 1.